The third kappa shape index (κ3) is 3.94. The SMILES string of the molecule is CNc1ccnc(C(=O)NC2CCCC(C)CC2)c1. The van der Waals surface area contributed by atoms with Gasteiger partial charge in [-0.25, -0.2) is 0 Å². The largest absolute Gasteiger partial charge is 0.388 e. The van der Waals surface area contributed by atoms with Gasteiger partial charge in [-0.15, -0.1) is 0 Å². The highest BCUT2D eigenvalue weighted by Crippen LogP contribution is 2.22. The molecule has 1 aromatic heterocycles. The first-order valence-corrected chi connectivity index (χ1v) is 7.13. The number of amides is 1. The second kappa shape index (κ2) is 6.55. The van der Waals surface area contributed by atoms with Gasteiger partial charge in [0.05, 0.1) is 0 Å². The lowest BCUT2D eigenvalue weighted by Crippen LogP contribution is -2.34. The topological polar surface area (TPSA) is 54.0 Å². The van der Waals surface area contributed by atoms with Crippen molar-refractivity contribution in [2.45, 2.75) is 45.1 Å². The first kappa shape index (κ1) is 13.8. The fourth-order valence-electron chi connectivity index (χ4n) is 2.60. The lowest BCUT2D eigenvalue weighted by molar-refractivity contribution is 0.0928. The zero-order valence-corrected chi connectivity index (χ0v) is 11.8. The Morgan fingerprint density at radius 2 is 2.16 bits per heavy atom. The minimum Gasteiger partial charge on any atom is -0.388 e. The Balaban J connectivity index is 1.96. The average Bonchev–Trinajstić information content (AvgIpc) is 2.64. The molecular formula is C15H23N3O. The molecule has 1 aromatic rings. The molecule has 1 saturated carbocycles. The Kier molecular flexibility index (Phi) is 4.77. The van der Waals surface area contributed by atoms with Gasteiger partial charge < -0.3 is 10.6 Å². The van der Waals surface area contributed by atoms with E-state index in [1.54, 1.807) is 12.3 Å². The predicted molar refractivity (Wildman–Crippen MR) is 77.3 cm³/mol. The smallest absolute Gasteiger partial charge is 0.270 e. The van der Waals surface area contributed by atoms with Crippen LogP contribution in [0, 0.1) is 5.92 Å². The van der Waals surface area contributed by atoms with Crippen LogP contribution in [0.3, 0.4) is 0 Å². The van der Waals surface area contributed by atoms with Crippen LogP contribution in [-0.2, 0) is 0 Å². The molecule has 19 heavy (non-hydrogen) atoms. The Hall–Kier alpha value is -1.58. The summed E-state index contributed by atoms with van der Waals surface area (Å²) in [5.41, 5.74) is 1.40. The van der Waals surface area contributed by atoms with Gasteiger partial charge in [-0.1, -0.05) is 19.8 Å². The number of rotatable bonds is 3. The molecule has 1 fully saturated rings. The molecule has 0 bridgehead atoms. The summed E-state index contributed by atoms with van der Waals surface area (Å²) < 4.78 is 0. The summed E-state index contributed by atoms with van der Waals surface area (Å²) in [6.45, 7) is 2.29. The van der Waals surface area contributed by atoms with E-state index >= 15 is 0 Å². The zero-order valence-electron chi connectivity index (χ0n) is 11.8. The normalized spacial score (nSPS) is 23.5. The third-order valence-corrected chi connectivity index (χ3v) is 3.87. The highest BCUT2D eigenvalue weighted by molar-refractivity contribution is 5.93. The van der Waals surface area contributed by atoms with Gasteiger partial charge in [-0.3, -0.25) is 9.78 Å². The standard InChI is InChI=1S/C15H23N3O/c1-11-4-3-5-12(7-6-11)18-15(19)14-10-13(16-2)8-9-17-14/h8-12H,3-7H2,1-2H3,(H,16,17)(H,18,19). The summed E-state index contributed by atoms with van der Waals surface area (Å²) in [7, 11) is 1.84. The number of pyridine rings is 1. The highest BCUT2D eigenvalue weighted by atomic mass is 16.1. The Bertz CT molecular complexity index is 433. The van der Waals surface area contributed by atoms with Crippen molar-refractivity contribution in [3.63, 3.8) is 0 Å². The molecule has 1 aliphatic rings. The van der Waals surface area contributed by atoms with E-state index in [4.69, 9.17) is 0 Å². The molecule has 0 aliphatic heterocycles. The van der Waals surface area contributed by atoms with Gasteiger partial charge in [0.25, 0.3) is 5.91 Å². The summed E-state index contributed by atoms with van der Waals surface area (Å²) in [5.74, 6) is 0.726. The van der Waals surface area contributed by atoms with Crippen LogP contribution in [0.4, 0.5) is 5.69 Å². The van der Waals surface area contributed by atoms with Crippen molar-refractivity contribution in [1.82, 2.24) is 10.3 Å². The van der Waals surface area contributed by atoms with Gasteiger partial charge in [-0.2, -0.15) is 0 Å². The van der Waals surface area contributed by atoms with Gasteiger partial charge in [0.2, 0.25) is 0 Å². The zero-order chi connectivity index (χ0) is 13.7. The molecule has 1 aliphatic carbocycles. The minimum absolute atomic E-state index is 0.0587. The Morgan fingerprint density at radius 1 is 1.32 bits per heavy atom. The number of nitrogens with one attached hydrogen (secondary N) is 2. The molecule has 4 nitrogen and oxygen atoms in total. The van der Waals surface area contributed by atoms with E-state index in [-0.39, 0.29) is 5.91 Å². The first-order chi connectivity index (χ1) is 9.19. The summed E-state index contributed by atoms with van der Waals surface area (Å²) in [4.78, 5) is 16.3. The van der Waals surface area contributed by atoms with Crippen LogP contribution in [0.5, 0.6) is 0 Å². The van der Waals surface area contributed by atoms with Crippen molar-refractivity contribution >= 4 is 11.6 Å². The Morgan fingerprint density at radius 3 is 2.95 bits per heavy atom. The average molecular weight is 261 g/mol. The van der Waals surface area contributed by atoms with E-state index < -0.39 is 0 Å². The van der Waals surface area contributed by atoms with Crippen molar-refractivity contribution in [1.29, 1.82) is 0 Å². The Labute approximate surface area is 115 Å². The van der Waals surface area contributed by atoms with E-state index in [9.17, 15) is 4.79 Å². The third-order valence-electron chi connectivity index (χ3n) is 3.87. The number of hydrogen-bond donors (Lipinski definition) is 2. The molecule has 2 N–H and O–H groups in total. The summed E-state index contributed by atoms with van der Waals surface area (Å²) >= 11 is 0. The molecular weight excluding hydrogens is 238 g/mol. The van der Waals surface area contributed by atoms with E-state index in [0.717, 1.165) is 24.4 Å². The van der Waals surface area contributed by atoms with Gasteiger partial charge in [0, 0.05) is 25.0 Å². The van der Waals surface area contributed by atoms with Crippen LogP contribution in [0.25, 0.3) is 0 Å². The molecule has 0 spiro atoms. The summed E-state index contributed by atoms with van der Waals surface area (Å²) in [5, 5.41) is 6.14. The van der Waals surface area contributed by atoms with Gasteiger partial charge in [0.15, 0.2) is 0 Å². The van der Waals surface area contributed by atoms with Crippen LogP contribution in [-0.4, -0.2) is 24.0 Å². The molecule has 104 valence electrons. The van der Waals surface area contributed by atoms with Crippen LogP contribution in [0.2, 0.25) is 0 Å². The van der Waals surface area contributed by atoms with Crippen LogP contribution in [0.1, 0.15) is 49.5 Å². The maximum absolute atomic E-state index is 12.2. The lowest BCUT2D eigenvalue weighted by Gasteiger charge is -2.16. The first-order valence-electron chi connectivity index (χ1n) is 7.13. The van der Waals surface area contributed by atoms with Gasteiger partial charge in [0.1, 0.15) is 5.69 Å². The van der Waals surface area contributed by atoms with E-state index in [1.165, 1.54) is 19.3 Å². The molecule has 2 atom stereocenters. The minimum atomic E-state index is -0.0587. The van der Waals surface area contributed by atoms with Crippen molar-refractivity contribution in [2.75, 3.05) is 12.4 Å². The molecule has 0 radical (unpaired) electrons. The predicted octanol–water partition coefficient (Wildman–Crippen LogP) is 2.82. The van der Waals surface area contributed by atoms with Crippen LogP contribution < -0.4 is 10.6 Å². The van der Waals surface area contributed by atoms with Crippen LogP contribution >= 0.6 is 0 Å². The maximum atomic E-state index is 12.2. The molecule has 1 heterocycles. The van der Waals surface area contributed by atoms with Crippen molar-refractivity contribution in [3.8, 4) is 0 Å². The number of carbonyl (C=O) groups is 1. The monoisotopic (exact) mass is 261 g/mol. The van der Waals surface area contributed by atoms with Gasteiger partial charge in [-0.05, 0) is 37.3 Å². The molecule has 2 rings (SSSR count). The van der Waals surface area contributed by atoms with E-state index in [0.29, 0.717) is 11.7 Å². The molecule has 2 unspecified atom stereocenters. The molecule has 0 aromatic carbocycles. The molecule has 4 heteroatoms. The maximum Gasteiger partial charge on any atom is 0.270 e. The number of anilines is 1. The van der Waals surface area contributed by atoms with Crippen molar-refractivity contribution in [2.24, 2.45) is 5.92 Å². The summed E-state index contributed by atoms with van der Waals surface area (Å²) in [6.07, 6.45) is 7.52. The van der Waals surface area contributed by atoms with Crippen molar-refractivity contribution in [3.05, 3.63) is 24.0 Å². The lowest BCUT2D eigenvalue weighted by atomic mass is 10.0. The number of aromatic nitrogens is 1. The number of nitrogens with zero attached hydrogens (tertiary/aromatic N) is 1. The van der Waals surface area contributed by atoms with Gasteiger partial charge >= 0.3 is 0 Å². The van der Waals surface area contributed by atoms with E-state index in [1.807, 2.05) is 13.1 Å². The molecule has 0 saturated heterocycles. The highest BCUT2D eigenvalue weighted by Gasteiger charge is 2.19. The van der Waals surface area contributed by atoms with E-state index in [2.05, 4.69) is 22.5 Å². The second-order valence-electron chi connectivity index (χ2n) is 5.46. The quantitative estimate of drug-likeness (QED) is 0.823. The van der Waals surface area contributed by atoms with Crippen LogP contribution in [0.15, 0.2) is 18.3 Å². The van der Waals surface area contributed by atoms with Crippen molar-refractivity contribution < 1.29 is 4.79 Å². The molecule has 1 amide bonds. The number of carbonyl (C=O) groups excluding carboxylic acids is 1. The fraction of sp³-hybridized carbons (Fsp3) is 0.600. The number of hydrogen-bond acceptors (Lipinski definition) is 3. The fourth-order valence-corrected chi connectivity index (χ4v) is 2.60. The second-order valence-corrected chi connectivity index (χ2v) is 5.46. The summed E-state index contributed by atoms with van der Waals surface area (Å²) in [6, 6.07) is 3.94.